The molecule has 2 N–H and O–H groups in total. The largest absolute Gasteiger partial charge is 0.507 e. The molecule has 0 amide bonds. The number of aryl methyl sites for hydroxylation is 1. The van der Waals surface area contributed by atoms with Crippen LogP contribution in [0.1, 0.15) is 36.1 Å². The zero-order valence-electron chi connectivity index (χ0n) is 7.96. The average molecular weight is 202 g/mol. The van der Waals surface area contributed by atoms with Crippen molar-refractivity contribution in [1.29, 1.82) is 0 Å². The third-order valence-corrected chi connectivity index (χ3v) is 2.00. The van der Waals surface area contributed by atoms with E-state index in [2.05, 4.69) is 0 Å². The second-order valence-corrected chi connectivity index (χ2v) is 3.27. The Kier molecular flexibility index (Phi) is 3.06. The van der Waals surface area contributed by atoms with Crippen molar-refractivity contribution in [3.05, 3.63) is 28.8 Å². The summed E-state index contributed by atoms with van der Waals surface area (Å²) in [7, 11) is 0. The van der Waals surface area contributed by atoms with Crippen LogP contribution in [-0.2, 0) is 0 Å². The number of alkyl halides is 2. The van der Waals surface area contributed by atoms with E-state index >= 15 is 0 Å². The van der Waals surface area contributed by atoms with Gasteiger partial charge in [0.25, 0.3) is 6.43 Å². The van der Waals surface area contributed by atoms with Crippen LogP contribution in [0.4, 0.5) is 8.78 Å². The van der Waals surface area contributed by atoms with Gasteiger partial charge >= 0.3 is 0 Å². The smallest absolute Gasteiger partial charge is 0.267 e. The van der Waals surface area contributed by atoms with Gasteiger partial charge in [-0.25, -0.2) is 8.78 Å². The summed E-state index contributed by atoms with van der Waals surface area (Å²) in [5.74, 6) is -0.513. The van der Waals surface area contributed by atoms with Crippen LogP contribution in [0.5, 0.6) is 5.75 Å². The topological polar surface area (TPSA) is 40.5 Å². The first kappa shape index (κ1) is 10.9. The van der Waals surface area contributed by atoms with Gasteiger partial charge in [0.2, 0.25) is 0 Å². The van der Waals surface area contributed by atoms with E-state index in [1.165, 1.54) is 19.1 Å². The molecule has 4 heteroatoms. The van der Waals surface area contributed by atoms with Gasteiger partial charge in [0, 0.05) is 5.56 Å². The van der Waals surface area contributed by atoms with Crippen LogP contribution in [0.25, 0.3) is 0 Å². The lowest BCUT2D eigenvalue weighted by Crippen LogP contribution is -1.97. The van der Waals surface area contributed by atoms with Crippen molar-refractivity contribution in [2.45, 2.75) is 26.4 Å². The maximum Gasteiger partial charge on any atom is 0.267 e. The number of hydrogen-bond donors (Lipinski definition) is 2. The lowest BCUT2D eigenvalue weighted by atomic mass is 10.0. The molecule has 1 unspecified atom stereocenters. The Morgan fingerprint density at radius 2 is 1.71 bits per heavy atom. The molecule has 0 aliphatic rings. The van der Waals surface area contributed by atoms with Crippen LogP contribution in [-0.4, -0.2) is 10.2 Å². The highest BCUT2D eigenvalue weighted by atomic mass is 19.3. The van der Waals surface area contributed by atoms with Crippen LogP contribution in [0.2, 0.25) is 0 Å². The lowest BCUT2D eigenvalue weighted by molar-refractivity contribution is 0.145. The normalized spacial score (nSPS) is 13.3. The molecular formula is C10H12F2O2. The van der Waals surface area contributed by atoms with Crippen LogP contribution in [0.15, 0.2) is 12.1 Å². The van der Waals surface area contributed by atoms with E-state index in [-0.39, 0.29) is 5.56 Å². The summed E-state index contributed by atoms with van der Waals surface area (Å²) in [4.78, 5) is 0. The highest BCUT2D eigenvalue weighted by molar-refractivity contribution is 5.45. The van der Waals surface area contributed by atoms with Crippen LogP contribution < -0.4 is 0 Å². The first-order chi connectivity index (χ1) is 6.43. The fourth-order valence-corrected chi connectivity index (χ4v) is 1.32. The fraction of sp³-hybridized carbons (Fsp3) is 0.400. The Balaban J connectivity index is 3.32. The van der Waals surface area contributed by atoms with Gasteiger partial charge in [-0.1, -0.05) is 5.56 Å². The van der Waals surface area contributed by atoms with E-state index in [0.717, 1.165) is 0 Å². The summed E-state index contributed by atoms with van der Waals surface area (Å²) in [5.41, 5.74) is 0.301. The van der Waals surface area contributed by atoms with Crippen molar-refractivity contribution >= 4 is 0 Å². The molecule has 1 atom stereocenters. The van der Waals surface area contributed by atoms with Gasteiger partial charge in [0.05, 0.1) is 11.7 Å². The van der Waals surface area contributed by atoms with Crippen LogP contribution in [0.3, 0.4) is 0 Å². The lowest BCUT2D eigenvalue weighted by Gasteiger charge is -2.12. The Morgan fingerprint density at radius 1 is 1.21 bits per heavy atom. The van der Waals surface area contributed by atoms with E-state index < -0.39 is 23.8 Å². The molecule has 1 rings (SSSR count). The van der Waals surface area contributed by atoms with Crippen molar-refractivity contribution in [3.63, 3.8) is 0 Å². The number of benzene rings is 1. The van der Waals surface area contributed by atoms with Crippen molar-refractivity contribution in [3.8, 4) is 5.75 Å². The molecule has 0 spiro atoms. The number of hydrogen-bond acceptors (Lipinski definition) is 2. The zero-order valence-corrected chi connectivity index (χ0v) is 7.96. The Hall–Kier alpha value is -1.16. The molecule has 0 fully saturated rings. The fourth-order valence-electron chi connectivity index (χ4n) is 1.32. The predicted molar refractivity (Wildman–Crippen MR) is 48.4 cm³/mol. The van der Waals surface area contributed by atoms with Gasteiger partial charge in [0.15, 0.2) is 0 Å². The molecule has 1 aromatic carbocycles. The quantitative estimate of drug-likeness (QED) is 0.774. The first-order valence-corrected chi connectivity index (χ1v) is 4.23. The third kappa shape index (κ3) is 2.01. The number of phenolic OH excluding ortho intramolecular Hbond substituents is 1. The van der Waals surface area contributed by atoms with Gasteiger partial charge < -0.3 is 10.2 Å². The van der Waals surface area contributed by atoms with Crippen molar-refractivity contribution < 1.29 is 19.0 Å². The number of phenols is 1. The van der Waals surface area contributed by atoms with Crippen LogP contribution >= 0.6 is 0 Å². The summed E-state index contributed by atoms with van der Waals surface area (Å²) in [5, 5.41) is 18.6. The number of halogens is 2. The second-order valence-electron chi connectivity index (χ2n) is 3.27. The number of aliphatic hydroxyl groups is 1. The number of aliphatic hydroxyl groups excluding tert-OH is 1. The molecular weight excluding hydrogens is 190 g/mol. The minimum atomic E-state index is -2.73. The highest BCUT2D eigenvalue weighted by Crippen LogP contribution is 2.35. The van der Waals surface area contributed by atoms with Gasteiger partial charge in [-0.3, -0.25) is 0 Å². The maximum atomic E-state index is 12.4. The molecule has 0 bridgehead atoms. The molecule has 2 nitrogen and oxygen atoms in total. The van der Waals surface area contributed by atoms with Gasteiger partial charge in [-0.2, -0.15) is 0 Å². The van der Waals surface area contributed by atoms with E-state index in [4.69, 9.17) is 0 Å². The Labute approximate surface area is 80.8 Å². The number of aromatic hydroxyl groups is 1. The minimum absolute atomic E-state index is 0.139. The molecule has 0 saturated heterocycles. The van der Waals surface area contributed by atoms with E-state index in [1.807, 2.05) is 0 Å². The van der Waals surface area contributed by atoms with E-state index in [1.54, 1.807) is 6.92 Å². The Morgan fingerprint density at radius 3 is 2.14 bits per heavy atom. The third-order valence-electron chi connectivity index (χ3n) is 2.00. The van der Waals surface area contributed by atoms with Crippen molar-refractivity contribution in [1.82, 2.24) is 0 Å². The zero-order chi connectivity index (χ0) is 10.9. The maximum absolute atomic E-state index is 12.4. The predicted octanol–water partition coefficient (Wildman–Crippen LogP) is 2.69. The molecule has 0 heterocycles. The Bertz CT molecular complexity index is 306. The molecule has 1 aromatic rings. The van der Waals surface area contributed by atoms with Crippen molar-refractivity contribution in [2.75, 3.05) is 0 Å². The van der Waals surface area contributed by atoms with Gasteiger partial charge in [-0.15, -0.1) is 0 Å². The summed E-state index contributed by atoms with van der Waals surface area (Å²) in [6.07, 6.45) is -3.68. The summed E-state index contributed by atoms with van der Waals surface area (Å²) < 4.78 is 24.8. The first-order valence-electron chi connectivity index (χ1n) is 4.23. The van der Waals surface area contributed by atoms with Crippen LogP contribution in [0, 0.1) is 6.92 Å². The number of rotatable bonds is 2. The molecule has 0 aliphatic carbocycles. The highest BCUT2D eigenvalue weighted by Gasteiger charge is 2.18. The second kappa shape index (κ2) is 3.92. The molecule has 14 heavy (non-hydrogen) atoms. The van der Waals surface area contributed by atoms with E-state index in [0.29, 0.717) is 5.56 Å². The van der Waals surface area contributed by atoms with Gasteiger partial charge in [-0.05, 0) is 26.0 Å². The standard InChI is InChI=1S/C10H12F2O2/c1-5-3-7(6(2)13)9(14)8(4-5)10(11)12/h3-4,6,10,13-14H,1-2H3. The van der Waals surface area contributed by atoms with Gasteiger partial charge in [0.1, 0.15) is 5.75 Å². The molecule has 0 saturated carbocycles. The SMILES string of the molecule is Cc1cc(C(C)O)c(O)c(C(F)F)c1. The summed E-state index contributed by atoms with van der Waals surface area (Å²) >= 11 is 0. The average Bonchev–Trinajstić information content (AvgIpc) is 2.07. The molecule has 0 aromatic heterocycles. The molecule has 0 radical (unpaired) electrons. The molecule has 0 aliphatic heterocycles. The van der Waals surface area contributed by atoms with E-state index in [9.17, 15) is 19.0 Å². The molecule has 78 valence electrons. The summed E-state index contributed by atoms with van der Waals surface area (Å²) in [6.45, 7) is 3.06. The monoisotopic (exact) mass is 202 g/mol. The minimum Gasteiger partial charge on any atom is -0.507 e. The van der Waals surface area contributed by atoms with Crippen molar-refractivity contribution in [2.24, 2.45) is 0 Å². The summed E-state index contributed by atoms with van der Waals surface area (Å²) in [6, 6.07) is 2.71.